The Morgan fingerprint density at radius 2 is 1.84 bits per heavy atom. The van der Waals surface area contributed by atoms with Gasteiger partial charge in [-0.1, -0.05) is 43.5 Å². The Morgan fingerprint density at radius 3 is 2.65 bits per heavy atom. The number of likely N-dealkylation sites (tertiary alicyclic amines) is 1. The monoisotopic (exact) mass is 419 g/mol. The van der Waals surface area contributed by atoms with Crippen molar-refractivity contribution in [3.63, 3.8) is 0 Å². The van der Waals surface area contributed by atoms with E-state index in [0.29, 0.717) is 24.0 Å². The lowest BCUT2D eigenvalue weighted by Gasteiger charge is -2.33. The fourth-order valence-corrected chi connectivity index (χ4v) is 5.33. The number of aromatic nitrogens is 2. The van der Waals surface area contributed by atoms with E-state index in [9.17, 15) is 14.0 Å². The van der Waals surface area contributed by atoms with E-state index in [1.54, 1.807) is 18.2 Å². The molecular weight excluding hydrogens is 393 g/mol. The quantitative estimate of drug-likeness (QED) is 0.682. The van der Waals surface area contributed by atoms with Gasteiger partial charge in [-0.05, 0) is 48.4 Å². The number of H-pyrrole nitrogens is 1. The largest absolute Gasteiger partial charge is 0.338 e. The van der Waals surface area contributed by atoms with Crippen LogP contribution in [0.4, 0.5) is 4.39 Å². The molecule has 1 amide bonds. The average Bonchev–Trinajstić information content (AvgIpc) is 3.20. The Balaban J connectivity index is 1.41. The van der Waals surface area contributed by atoms with Gasteiger partial charge in [0.05, 0.1) is 16.6 Å². The lowest BCUT2D eigenvalue weighted by molar-refractivity contribution is 0.0754. The first-order valence-corrected chi connectivity index (χ1v) is 11.1. The van der Waals surface area contributed by atoms with Crippen LogP contribution >= 0.6 is 0 Å². The lowest BCUT2D eigenvalue weighted by atomic mass is 9.73. The number of carbonyl (C=O) groups excluding carboxylic acids is 1. The second-order valence-corrected chi connectivity index (χ2v) is 9.07. The van der Waals surface area contributed by atoms with Crippen LogP contribution < -0.4 is 5.56 Å². The first-order valence-electron chi connectivity index (χ1n) is 11.1. The van der Waals surface area contributed by atoms with E-state index < -0.39 is 5.82 Å². The Kier molecular flexibility index (Phi) is 5.08. The second kappa shape index (κ2) is 7.91. The van der Waals surface area contributed by atoms with E-state index in [2.05, 4.69) is 10.2 Å². The molecule has 1 spiro atoms. The maximum absolute atomic E-state index is 14.6. The Labute approximate surface area is 180 Å². The third-order valence-electron chi connectivity index (χ3n) is 7.05. The average molecular weight is 420 g/mol. The summed E-state index contributed by atoms with van der Waals surface area (Å²) in [4.78, 5) is 27.0. The van der Waals surface area contributed by atoms with E-state index in [0.717, 1.165) is 23.9 Å². The minimum Gasteiger partial charge on any atom is -0.338 e. The van der Waals surface area contributed by atoms with Gasteiger partial charge in [0.15, 0.2) is 0 Å². The van der Waals surface area contributed by atoms with Gasteiger partial charge >= 0.3 is 0 Å². The van der Waals surface area contributed by atoms with Crippen LogP contribution in [-0.4, -0.2) is 34.1 Å². The summed E-state index contributed by atoms with van der Waals surface area (Å²) in [6, 6.07) is 12.0. The van der Waals surface area contributed by atoms with Crippen LogP contribution in [0.1, 0.15) is 60.1 Å². The predicted octanol–water partition coefficient (Wildman–Crippen LogP) is 4.45. The summed E-state index contributed by atoms with van der Waals surface area (Å²) in [5, 5.41) is 8.08. The van der Waals surface area contributed by atoms with Gasteiger partial charge in [-0.15, -0.1) is 0 Å². The van der Waals surface area contributed by atoms with Gasteiger partial charge < -0.3 is 4.90 Å². The molecule has 2 heterocycles. The van der Waals surface area contributed by atoms with Crippen LogP contribution in [0.5, 0.6) is 0 Å². The molecule has 160 valence electrons. The van der Waals surface area contributed by atoms with Crippen LogP contribution in [0.3, 0.4) is 0 Å². The molecule has 31 heavy (non-hydrogen) atoms. The SMILES string of the molecule is O=C(c1cc(Cc2n[nH]c(=O)c3ccccc23)ccc1F)N1CCC2(CCCCC2)C1. The van der Waals surface area contributed by atoms with Crippen LogP contribution in [0.2, 0.25) is 0 Å². The summed E-state index contributed by atoms with van der Waals surface area (Å²) in [6.07, 6.45) is 7.50. The molecule has 0 bridgehead atoms. The number of carbonyl (C=O) groups is 1. The molecule has 0 radical (unpaired) electrons. The molecule has 2 fully saturated rings. The predicted molar refractivity (Wildman–Crippen MR) is 118 cm³/mol. The zero-order valence-electron chi connectivity index (χ0n) is 17.5. The van der Waals surface area contributed by atoms with E-state index in [1.807, 2.05) is 23.1 Å². The topological polar surface area (TPSA) is 66.1 Å². The van der Waals surface area contributed by atoms with Crippen molar-refractivity contribution >= 4 is 16.7 Å². The molecule has 1 N–H and O–H groups in total. The number of benzene rings is 2. The normalized spacial score (nSPS) is 18.0. The summed E-state index contributed by atoms with van der Waals surface area (Å²) in [7, 11) is 0. The van der Waals surface area contributed by atoms with Gasteiger partial charge in [-0.25, -0.2) is 9.49 Å². The van der Waals surface area contributed by atoms with Crippen molar-refractivity contribution in [1.29, 1.82) is 0 Å². The maximum Gasteiger partial charge on any atom is 0.272 e. The number of rotatable bonds is 3. The lowest BCUT2D eigenvalue weighted by Crippen LogP contribution is -2.33. The van der Waals surface area contributed by atoms with Gasteiger partial charge in [0.1, 0.15) is 5.82 Å². The third kappa shape index (κ3) is 3.75. The van der Waals surface area contributed by atoms with Crippen LogP contribution in [-0.2, 0) is 6.42 Å². The summed E-state index contributed by atoms with van der Waals surface area (Å²) < 4.78 is 14.6. The first kappa shape index (κ1) is 19.9. The zero-order chi connectivity index (χ0) is 21.4. The molecule has 5 rings (SSSR count). The van der Waals surface area contributed by atoms with E-state index in [4.69, 9.17) is 0 Å². The molecule has 1 saturated heterocycles. The van der Waals surface area contributed by atoms with Gasteiger partial charge in [-0.3, -0.25) is 9.59 Å². The fourth-order valence-electron chi connectivity index (χ4n) is 5.33. The van der Waals surface area contributed by atoms with Gasteiger partial charge in [0.2, 0.25) is 0 Å². The Morgan fingerprint density at radius 1 is 1.06 bits per heavy atom. The maximum atomic E-state index is 14.6. The number of aromatic amines is 1. The van der Waals surface area contributed by atoms with Crippen molar-refractivity contribution in [3.05, 3.63) is 75.5 Å². The zero-order valence-corrected chi connectivity index (χ0v) is 17.5. The Hall–Kier alpha value is -3.02. The van der Waals surface area contributed by atoms with Crippen molar-refractivity contribution in [1.82, 2.24) is 15.1 Å². The molecule has 1 saturated carbocycles. The number of nitrogens with one attached hydrogen (secondary N) is 1. The molecule has 2 aromatic carbocycles. The first-order chi connectivity index (χ1) is 15.0. The number of hydrogen-bond acceptors (Lipinski definition) is 3. The molecule has 0 unspecified atom stereocenters. The van der Waals surface area contributed by atoms with Crippen LogP contribution in [0.25, 0.3) is 10.8 Å². The molecule has 1 aliphatic carbocycles. The van der Waals surface area contributed by atoms with Crippen molar-refractivity contribution in [2.45, 2.75) is 44.9 Å². The molecule has 1 aromatic heterocycles. The number of nitrogens with zero attached hydrogens (tertiary/aromatic N) is 2. The highest BCUT2D eigenvalue weighted by molar-refractivity contribution is 5.95. The fraction of sp³-hybridized carbons (Fsp3) is 0.400. The van der Waals surface area contributed by atoms with Crippen molar-refractivity contribution in [2.24, 2.45) is 5.41 Å². The summed E-state index contributed by atoms with van der Waals surface area (Å²) in [6.45, 7) is 1.44. The molecule has 6 heteroatoms. The van der Waals surface area contributed by atoms with Gasteiger partial charge in [-0.2, -0.15) is 5.10 Å². The Bertz CT molecular complexity index is 1200. The van der Waals surface area contributed by atoms with E-state index in [-0.39, 0.29) is 22.4 Å². The standard InChI is InChI=1S/C25H26FN3O2/c26-21-9-8-17(15-22-18-6-2-3-7-19(18)23(30)28-27-22)14-20(21)24(31)29-13-12-25(16-29)10-4-1-5-11-25/h2-3,6-9,14H,1,4-5,10-13,15-16H2,(H,28,30). The van der Waals surface area contributed by atoms with Crippen molar-refractivity contribution in [2.75, 3.05) is 13.1 Å². The highest BCUT2D eigenvalue weighted by Crippen LogP contribution is 2.44. The molecule has 5 nitrogen and oxygen atoms in total. The number of amides is 1. The third-order valence-corrected chi connectivity index (χ3v) is 7.05. The van der Waals surface area contributed by atoms with Crippen molar-refractivity contribution in [3.8, 4) is 0 Å². The van der Waals surface area contributed by atoms with Crippen LogP contribution in [0.15, 0.2) is 47.3 Å². The van der Waals surface area contributed by atoms with Crippen molar-refractivity contribution < 1.29 is 9.18 Å². The minimum absolute atomic E-state index is 0.124. The molecule has 1 aliphatic heterocycles. The molecule has 2 aliphatic rings. The summed E-state index contributed by atoms with van der Waals surface area (Å²) in [5.74, 6) is -0.710. The summed E-state index contributed by atoms with van der Waals surface area (Å²) in [5.41, 5.74) is 1.61. The number of hydrogen-bond donors (Lipinski definition) is 1. The highest BCUT2D eigenvalue weighted by atomic mass is 19.1. The van der Waals surface area contributed by atoms with Crippen LogP contribution in [0, 0.1) is 11.2 Å². The van der Waals surface area contributed by atoms with E-state index in [1.165, 1.54) is 38.2 Å². The summed E-state index contributed by atoms with van der Waals surface area (Å²) >= 11 is 0. The van der Waals surface area contributed by atoms with Gasteiger partial charge in [0.25, 0.3) is 11.5 Å². The molecular formula is C25H26FN3O2. The number of fused-ring (bicyclic) bond motifs is 1. The molecule has 0 atom stereocenters. The smallest absolute Gasteiger partial charge is 0.272 e. The second-order valence-electron chi connectivity index (χ2n) is 9.07. The van der Waals surface area contributed by atoms with E-state index >= 15 is 0 Å². The minimum atomic E-state index is -0.488. The molecule has 3 aromatic rings. The number of halogens is 1. The van der Waals surface area contributed by atoms with Gasteiger partial charge in [0, 0.05) is 24.9 Å². The highest BCUT2D eigenvalue weighted by Gasteiger charge is 2.40.